The van der Waals surface area contributed by atoms with Crippen LogP contribution in [-0.4, -0.2) is 62.1 Å². The van der Waals surface area contributed by atoms with Crippen molar-refractivity contribution in [3.05, 3.63) is 52.5 Å². The maximum absolute atomic E-state index is 14.6. The molecular formula is C27H36BrF4N3O3S. The molecule has 3 atom stereocenters. The molecule has 0 fully saturated rings. The van der Waals surface area contributed by atoms with Crippen LogP contribution in [0, 0.1) is 0 Å². The Hall–Kier alpha value is -2.18. The van der Waals surface area contributed by atoms with Gasteiger partial charge in [0.2, 0.25) is 5.91 Å². The van der Waals surface area contributed by atoms with E-state index in [2.05, 4.69) is 31.9 Å². The van der Waals surface area contributed by atoms with Crippen LogP contribution in [-0.2, 0) is 4.79 Å². The molecule has 0 spiro atoms. The number of ether oxygens (including phenoxy) is 2. The molecule has 0 aliphatic heterocycles. The third-order valence-electron chi connectivity index (χ3n) is 5.62. The highest BCUT2D eigenvalue weighted by atomic mass is 79.9. The number of amides is 1. The molecule has 0 bridgehead atoms. The molecule has 0 radical (unpaired) electrons. The van der Waals surface area contributed by atoms with E-state index in [1.165, 1.54) is 45.2 Å². The van der Waals surface area contributed by atoms with Gasteiger partial charge in [-0.1, -0.05) is 28.1 Å². The van der Waals surface area contributed by atoms with Crippen molar-refractivity contribution in [1.29, 1.82) is 0 Å². The molecule has 1 amide bonds. The molecule has 2 aromatic carbocycles. The SMILES string of the molecule is COc1cc(OCCSC)ccc1NC[C@H](C)NC(=O)[C@H](CC(C)(C)F)N[C@@H](c1ccc(Br)cc1)C(F)(F)F. The van der Waals surface area contributed by atoms with Crippen LogP contribution in [0.15, 0.2) is 46.9 Å². The highest BCUT2D eigenvalue weighted by molar-refractivity contribution is 9.10. The van der Waals surface area contributed by atoms with Gasteiger partial charge in [-0.2, -0.15) is 24.9 Å². The Labute approximate surface area is 240 Å². The Morgan fingerprint density at radius 2 is 1.77 bits per heavy atom. The Morgan fingerprint density at radius 1 is 1.10 bits per heavy atom. The summed E-state index contributed by atoms with van der Waals surface area (Å²) in [5, 5.41) is 8.23. The second kappa shape index (κ2) is 15.0. The van der Waals surface area contributed by atoms with E-state index in [0.29, 0.717) is 28.3 Å². The number of hydrogen-bond acceptors (Lipinski definition) is 6. The van der Waals surface area contributed by atoms with Crippen molar-refractivity contribution < 1.29 is 31.8 Å². The van der Waals surface area contributed by atoms with Crippen molar-refractivity contribution in [3.8, 4) is 11.5 Å². The standard InChI is InChI=1S/C27H36BrF4N3O3S/c1-17(16-33-21-11-10-20(14-23(21)37-4)38-12-13-39-5)34-25(36)22(15-26(2,3)29)35-24(27(30,31)32)18-6-8-19(28)9-7-18/h6-11,14,17,22,24,33,35H,12-13,15-16H2,1-5H3,(H,34,36)/t17-,22-,24-/m0/s1. The molecule has 218 valence electrons. The molecule has 0 unspecified atom stereocenters. The lowest BCUT2D eigenvalue weighted by molar-refractivity contribution is -0.161. The summed E-state index contributed by atoms with van der Waals surface area (Å²) in [7, 11) is 1.52. The smallest absolute Gasteiger partial charge is 0.407 e. The van der Waals surface area contributed by atoms with Gasteiger partial charge in [-0.25, -0.2) is 4.39 Å². The fourth-order valence-corrected chi connectivity index (χ4v) is 4.27. The first-order valence-electron chi connectivity index (χ1n) is 12.3. The van der Waals surface area contributed by atoms with Gasteiger partial charge in [-0.3, -0.25) is 10.1 Å². The summed E-state index contributed by atoms with van der Waals surface area (Å²) in [4.78, 5) is 13.1. The monoisotopic (exact) mass is 637 g/mol. The zero-order valence-corrected chi connectivity index (χ0v) is 25.0. The van der Waals surface area contributed by atoms with Gasteiger partial charge in [0.15, 0.2) is 0 Å². The number of hydrogen-bond donors (Lipinski definition) is 3. The summed E-state index contributed by atoms with van der Waals surface area (Å²) >= 11 is 4.88. The van der Waals surface area contributed by atoms with E-state index in [1.54, 1.807) is 36.9 Å². The largest absolute Gasteiger partial charge is 0.494 e. The lowest BCUT2D eigenvalue weighted by atomic mass is 9.97. The van der Waals surface area contributed by atoms with Crippen molar-refractivity contribution in [3.63, 3.8) is 0 Å². The average molecular weight is 639 g/mol. The van der Waals surface area contributed by atoms with Crippen LogP contribution in [0.3, 0.4) is 0 Å². The number of halogens is 5. The Bertz CT molecular complexity index is 1050. The molecule has 0 heterocycles. The topological polar surface area (TPSA) is 71.6 Å². The quantitative estimate of drug-likeness (QED) is 0.153. The van der Waals surface area contributed by atoms with Crippen LogP contribution in [0.5, 0.6) is 11.5 Å². The molecule has 12 heteroatoms. The molecule has 2 aromatic rings. The maximum Gasteiger partial charge on any atom is 0.407 e. The molecule has 6 nitrogen and oxygen atoms in total. The van der Waals surface area contributed by atoms with Crippen LogP contribution >= 0.6 is 27.7 Å². The summed E-state index contributed by atoms with van der Waals surface area (Å²) in [5.74, 6) is 1.31. The third-order valence-corrected chi connectivity index (χ3v) is 6.72. The lowest BCUT2D eigenvalue weighted by Crippen LogP contribution is -2.53. The summed E-state index contributed by atoms with van der Waals surface area (Å²) in [6.45, 7) is 4.95. The Balaban J connectivity index is 2.10. The van der Waals surface area contributed by atoms with Crippen LogP contribution in [0.1, 0.15) is 38.8 Å². The number of benzene rings is 2. The van der Waals surface area contributed by atoms with E-state index in [4.69, 9.17) is 9.47 Å². The molecule has 3 N–H and O–H groups in total. The lowest BCUT2D eigenvalue weighted by Gasteiger charge is -2.30. The summed E-state index contributed by atoms with van der Waals surface area (Å²) in [5.41, 5.74) is -1.31. The number of rotatable bonds is 15. The van der Waals surface area contributed by atoms with Gasteiger partial charge >= 0.3 is 6.18 Å². The van der Waals surface area contributed by atoms with E-state index in [1.807, 2.05) is 6.26 Å². The number of methoxy groups -OCH3 is 1. The molecule has 2 rings (SSSR count). The molecule has 0 saturated heterocycles. The third kappa shape index (κ3) is 11.4. The summed E-state index contributed by atoms with van der Waals surface area (Å²) in [6, 6.07) is 6.81. The highest BCUT2D eigenvalue weighted by Gasteiger charge is 2.43. The molecule has 0 aliphatic carbocycles. The maximum atomic E-state index is 14.6. The predicted molar refractivity (Wildman–Crippen MR) is 153 cm³/mol. The minimum Gasteiger partial charge on any atom is -0.494 e. The average Bonchev–Trinajstić information content (AvgIpc) is 2.85. The first-order chi connectivity index (χ1) is 18.2. The summed E-state index contributed by atoms with van der Waals surface area (Å²) in [6.07, 6.45) is -3.17. The first kappa shape index (κ1) is 33.0. The summed E-state index contributed by atoms with van der Waals surface area (Å²) < 4.78 is 68.3. The minimum absolute atomic E-state index is 0.0807. The van der Waals surface area contributed by atoms with Crippen molar-refractivity contribution in [1.82, 2.24) is 10.6 Å². The predicted octanol–water partition coefficient (Wildman–Crippen LogP) is 6.52. The van der Waals surface area contributed by atoms with E-state index in [9.17, 15) is 22.4 Å². The van der Waals surface area contributed by atoms with Crippen LogP contribution < -0.4 is 25.4 Å². The van der Waals surface area contributed by atoms with Crippen molar-refractivity contribution in [2.45, 2.75) is 57.2 Å². The van der Waals surface area contributed by atoms with Gasteiger partial charge in [0.25, 0.3) is 0 Å². The molecule has 0 saturated carbocycles. The zero-order chi connectivity index (χ0) is 29.2. The molecule has 39 heavy (non-hydrogen) atoms. The number of carbonyl (C=O) groups is 1. The molecule has 0 aliphatic rings. The Morgan fingerprint density at radius 3 is 2.33 bits per heavy atom. The first-order valence-corrected chi connectivity index (χ1v) is 14.5. The van der Waals surface area contributed by atoms with Crippen molar-refractivity contribution >= 4 is 39.3 Å². The van der Waals surface area contributed by atoms with Crippen molar-refractivity contribution in [2.75, 3.05) is 37.6 Å². The second-order valence-electron chi connectivity index (χ2n) is 9.66. The minimum atomic E-state index is -4.71. The van der Waals surface area contributed by atoms with E-state index in [0.717, 1.165) is 5.75 Å². The van der Waals surface area contributed by atoms with E-state index >= 15 is 0 Å². The van der Waals surface area contributed by atoms with Gasteiger partial charge in [-0.05, 0) is 56.9 Å². The number of alkyl halides is 4. The van der Waals surface area contributed by atoms with Gasteiger partial charge in [0.05, 0.1) is 25.4 Å². The number of carbonyl (C=O) groups excluding carboxylic acids is 1. The van der Waals surface area contributed by atoms with Crippen LogP contribution in [0.4, 0.5) is 23.2 Å². The van der Waals surface area contributed by atoms with E-state index in [-0.39, 0.29) is 12.1 Å². The molecule has 0 aromatic heterocycles. The Kier molecular flexibility index (Phi) is 12.7. The second-order valence-corrected chi connectivity index (χ2v) is 11.6. The highest BCUT2D eigenvalue weighted by Crippen LogP contribution is 2.34. The number of thioether (sulfide) groups is 1. The zero-order valence-electron chi connectivity index (χ0n) is 22.6. The van der Waals surface area contributed by atoms with Crippen LogP contribution in [0.2, 0.25) is 0 Å². The van der Waals surface area contributed by atoms with Crippen molar-refractivity contribution in [2.24, 2.45) is 0 Å². The van der Waals surface area contributed by atoms with Gasteiger partial charge in [0.1, 0.15) is 23.2 Å². The molecular weight excluding hydrogens is 602 g/mol. The fourth-order valence-electron chi connectivity index (χ4n) is 3.76. The van der Waals surface area contributed by atoms with E-state index < -0.39 is 42.3 Å². The number of nitrogens with one attached hydrogen (secondary N) is 3. The van der Waals surface area contributed by atoms with Gasteiger partial charge in [0, 0.05) is 35.3 Å². The van der Waals surface area contributed by atoms with Gasteiger partial charge < -0.3 is 20.1 Å². The van der Waals surface area contributed by atoms with Crippen LogP contribution in [0.25, 0.3) is 0 Å². The number of anilines is 1. The normalized spacial score (nSPS) is 14.3. The van der Waals surface area contributed by atoms with Gasteiger partial charge in [-0.15, -0.1) is 0 Å². The fraction of sp³-hybridized carbons (Fsp3) is 0.519.